The van der Waals surface area contributed by atoms with Crippen LogP contribution in [0.5, 0.6) is 5.75 Å². The van der Waals surface area contributed by atoms with Crippen molar-refractivity contribution < 1.29 is 18.8 Å². The van der Waals surface area contributed by atoms with E-state index in [9.17, 15) is 9.59 Å². The minimum absolute atomic E-state index is 0.0766. The number of carbonyl (C=O) groups excluding carboxylic acids is 2. The molecular weight excluding hydrogens is 332 g/mol. The zero-order chi connectivity index (χ0) is 18.8. The van der Waals surface area contributed by atoms with E-state index in [0.29, 0.717) is 30.1 Å². The molecule has 1 aromatic heterocycles. The van der Waals surface area contributed by atoms with Crippen molar-refractivity contribution in [1.82, 2.24) is 10.1 Å². The minimum atomic E-state index is -0.201. The van der Waals surface area contributed by atoms with Crippen LogP contribution in [0.4, 0.5) is 0 Å². The lowest BCUT2D eigenvalue weighted by molar-refractivity contribution is 0.0628. The van der Waals surface area contributed by atoms with Crippen molar-refractivity contribution in [1.29, 1.82) is 0 Å². The number of carbonyl (C=O) groups is 2. The number of Topliss-reactive ketones (excluding diaryl/α,β-unsaturated/α-hetero) is 1. The summed E-state index contributed by atoms with van der Waals surface area (Å²) in [6.07, 6.45) is 1.58. The molecule has 1 saturated heterocycles. The van der Waals surface area contributed by atoms with E-state index in [-0.39, 0.29) is 17.6 Å². The van der Waals surface area contributed by atoms with Crippen LogP contribution in [-0.2, 0) is 0 Å². The number of ketones is 1. The number of aryl methyl sites for hydroxylation is 3. The fraction of sp³-hybridized carbons (Fsp3) is 0.450. The molecule has 0 saturated carbocycles. The van der Waals surface area contributed by atoms with E-state index in [0.717, 1.165) is 29.7 Å². The number of methoxy groups -OCH3 is 1. The summed E-state index contributed by atoms with van der Waals surface area (Å²) < 4.78 is 10.4. The topological polar surface area (TPSA) is 72.6 Å². The van der Waals surface area contributed by atoms with Crippen molar-refractivity contribution in [2.45, 2.75) is 33.6 Å². The lowest BCUT2D eigenvalue weighted by atomic mass is 9.88. The van der Waals surface area contributed by atoms with Gasteiger partial charge in [0.05, 0.1) is 7.11 Å². The van der Waals surface area contributed by atoms with Gasteiger partial charge in [-0.15, -0.1) is 0 Å². The number of rotatable bonds is 4. The van der Waals surface area contributed by atoms with Gasteiger partial charge in [0, 0.05) is 30.6 Å². The molecule has 1 atom stereocenters. The first-order chi connectivity index (χ1) is 12.4. The number of amides is 1. The molecule has 1 aliphatic rings. The Morgan fingerprint density at radius 1 is 1.19 bits per heavy atom. The molecule has 1 fully saturated rings. The van der Waals surface area contributed by atoms with Crippen LogP contribution in [0.2, 0.25) is 0 Å². The first-order valence-electron chi connectivity index (χ1n) is 8.82. The van der Waals surface area contributed by atoms with Gasteiger partial charge in [0.1, 0.15) is 11.5 Å². The summed E-state index contributed by atoms with van der Waals surface area (Å²) in [4.78, 5) is 27.3. The molecule has 6 heteroatoms. The second kappa shape index (κ2) is 7.32. The van der Waals surface area contributed by atoms with Gasteiger partial charge in [-0.05, 0) is 56.9 Å². The fourth-order valence-corrected chi connectivity index (χ4v) is 3.66. The van der Waals surface area contributed by atoms with Crippen LogP contribution in [0, 0.1) is 26.7 Å². The van der Waals surface area contributed by atoms with Crippen molar-refractivity contribution in [2.24, 2.45) is 5.92 Å². The second-order valence-corrected chi connectivity index (χ2v) is 6.92. The van der Waals surface area contributed by atoms with E-state index in [1.54, 1.807) is 25.0 Å². The molecule has 0 N–H and O–H groups in total. The summed E-state index contributed by atoms with van der Waals surface area (Å²) in [6.45, 7) is 6.67. The third kappa shape index (κ3) is 3.49. The number of ether oxygens (including phenoxy) is 1. The lowest BCUT2D eigenvalue weighted by Gasteiger charge is -2.31. The average Bonchev–Trinajstić information content (AvgIpc) is 3.06. The molecule has 3 rings (SSSR count). The van der Waals surface area contributed by atoms with Gasteiger partial charge in [-0.25, -0.2) is 0 Å². The maximum Gasteiger partial charge on any atom is 0.276 e. The molecular formula is C20H24N2O4. The van der Waals surface area contributed by atoms with Crippen molar-refractivity contribution in [3.8, 4) is 5.75 Å². The molecule has 0 bridgehead atoms. The summed E-state index contributed by atoms with van der Waals surface area (Å²) in [7, 11) is 1.63. The van der Waals surface area contributed by atoms with Crippen LogP contribution in [0.25, 0.3) is 0 Å². The van der Waals surface area contributed by atoms with Gasteiger partial charge in [0.15, 0.2) is 11.5 Å². The third-order valence-electron chi connectivity index (χ3n) is 4.88. The number of hydrogen-bond donors (Lipinski definition) is 0. The van der Waals surface area contributed by atoms with Crippen LogP contribution in [0.1, 0.15) is 50.6 Å². The summed E-state index contributed by atoms with van der Waals surface area (Å²) in [6, 6.07) is 5.37. The number of likely N-dealkylation sites (tertiary alicyclic amines) is 1. The molecule has 6 nitrogen and oxygen atoms in total. The summed E-state index contributed by atoms with van der Waals surface area (Å²) in [5, 5.41) is 3.80. The summed E-state index contributed by atoms with van der Waals surface area (Å²) in [5.41, 5.74) is 2.86. The molecule has 1 aromatic carbocycles. The molecule has 2 heterocycles. The SMILES string of the molecule is COc1c(C)cc(C(=O)[C@H]2CCCN(C(=O)c3cc(C)on3)C2)cc1C. The van der Waals surface area contributed by atoms with Gasteiger partial charge in [-0.3, -0.25) is 9.59 Å². The Labute approximate surface area is 153 Å². The van der Waals surface area contributed by atoms with Crippen molar-refractivity contribution >= 4 is 11.7 Å². The molecule has 1 aliphatic heterocycles. The van der Waals surface area contributed by atoms with Crippen LogP contribution < -0.4 is 4.74 Å². The molecule has 0 radical (unpaired) electrons. The van der Waals surface area contributed by atoms with Crippen LogP contribution >= 0.6 is 0 Å². The largest absolute Gasteiger partial charge is 0.496 e. The van der Waals surface area contributed by atoms with Gasteiger partial charge >= 0.3 is 0 Å². The fourth-order valence-electron chi connectivity index (χ4n) is 3.66. The minimum Gasteiger partial charge on any atom is -0.496 e. The van der Waals surface area contributed by atoms with E-state index < -0.39 is 0 Å². The molecule has 26 heavy (non-hydrogen) atoms. The molecule has 0 unspecified atom stereocenters. The molecule has 138 valence electrons. The first kappa shape index (κ1) is 18.2. The van der Waals surface area contributed by atoms with Crippen molar-refractivity contribution in [3.63, 3.8) is 0 Å². The Bertz CT molecular complexity index is 817. The number of hydrogen-bond acceptors (Lipinski definition) is 5. The number of aromatic nitrogens is 1. The molecule has 1 amide bonds. The first-order valence-corrected chi connectivity index (χ1v) is 8.82. The highest BCUT2D eigenvalue weighted by Gasteiger charge is 2.31. The van der Waals surface area contributed by atoms with Crippen LogP contribution in [-0.4, -0.2) is 41.9 Å². The van der Waals surface area contributed by atoms with Gasteiger partial charge in [-0.1, -0.05) is 5.16 Å². The Morgan fingerprint density at radius 2 is 1.88 bits per heavy atom. The Morgan fingerprint density at radius 3 is 2.46 bits per heavy atom. The zero-order valence-electron chi connectivity index (χ0n) is 15.7. The maximum atomic E-state index is 13.0. The van der Waals surface area contributed by atoms with E-state index in [2.05, 4.69) is 5.16 Å². The maximum absolute atomic E-state index is 13.0. The highest BCUT2D eigenvalue weighted by Crippen LogP contribution is 2.28. The Hall–Kier alpha value is -2.63. The number of benzene rings is 1. The van der Waals surface area contributed by atoms with Gasteiger partial charge in [0.2, 0.25) is 0 Å². The highest BCUT2D eigenvalue weighted by atomic mass is 16.5. The van der Waals surface area contributed by atoms with Gasteiger partial charge in [-0.2, -0.15) is 0 Å². The van der Waals surface area contributed by atoms with E-state index in [1.807, 2.05) is 26.0 Å². The average molecular weight is 356 g/mol. The Balaban J connectivity index is 1.77. The van der Waals surface area contributed by atoms with Crippen molar-refractivity contribution in [3.05, 3.63) is 46.3 Å². The van der Waals surface area contributed by atoms with E-state index in [4.69, 9.17) is 9.26 Å². The quantitative estimate of drug-likeness (QED) is 0.786. The molecule has 0 spiro atoms. The predicted molar refractivity (Wildman–Crippen MR) is 96.7 cm³/mol. The van der Waals surface area contributed by atoms with Gasteiger partial charge < -0.3 is 14.2 Å². The third-order valence-corrected chi connectivity index (χ3v) is 4.88. The van der Waals surface area contributed by atoms with Gasteiger partial charge in [0.25, 0.3) is 5.91 Å². The molecule has 2 aromatic rings. The zero-order valence-corrected chi connectivity index (χ0v) is 15.7. The van der Waals surface area contributed by atoms with Crippen LogP contribution in [0.3, 0.4) is 0 Å². The van der Waals surface area contributed by atoms with E-state index >= 15 is 0 Å². The standard InChI is InChI=1S/C20H24N2O4/c1-12-8-16(9-13(2)19(12)25-4)18(23)15-6-5-7-22(11-15)20(24)17-10-14(3)26-21-17/h8-10,15H,5-7,11H2,1-4H3/t15-/m0/s1. The van der Waals surface area contributed by atoms with E-state index in [1.165, 1.54) is 0 Å². The summed E-state index contributed by atoms with van der Waals surface area (Å²) in [5.74, 6) is 1.10. The smallest absolute Gasteiger partial charge is 0.276 e. The second-order valence-electron chi connectivity index (χ2n) is 6.92. The van der Waals surface area contributed by atoms with Crippen LogP contribution in [0.15, 0.2) is 22.7 Å². The molecule has 0 aliphatic carbocycles. The lowest BCUT2D eigenvalue weighted by Crippen LogP contribution is -2.42. The van der Waals surface area contributed by atoms with Crippen molar-refractivity contribution in [2.75, 3.05) is 20.2 Å². The summed E-state index contributed by atoms with van der Waals surface area (Å²) >= 11 is 0. The predicted octanol–water partition coefficient (Wildman–Crippen LogP) is 3.34. The monoisotopic (exact) mass is 356 g/mol. The number of nitrogens with zero attached hydrogens (tertiary/aromatic N) is 2. The Kier molecular flexibility index (Phi) is 5.11. The number of piperidine rings is 1. The normalized spacial score (nSPS) is 17.2. The highest BCUT2D eigenvalue weighted by molar-refractivity contribution is 5.99.